The lowest BCUT2D eigenvalue weighted by Crippen LogP contribution is -2.45. The fraction of sp³-hybridized carbons (Fsp3) is 0.833. The summed E-state index contributed by atoms with van der Waals surface area (Å²) < 4.78 is 0. The zero-order valence-electron chi connectivity index (χ0n) is 9.89. The average molecular weight is 209 g/mol. The maximum absolute atomic E-state index is 12.2. The van der Waals surface area contributed by atoms with Crippen molar-refractivity contribution in [2.75, 3.05) is 0 Å². The molecule has 2 bridgehead atoms. The molecule has 0 radical (unpaired) electrons. The van der Waals surface area contributed by atoms with Crippen LogP contribution in [0.2, 0.25) is 0 Å². The van der Waals surface area contributed by atoms with Gasteiger partial charge in [0.05, 0.1) is 6.04 Å². The van der Waals surface area contributed by atoms with Crippen LogP contribution in [0.25, 0.3) is 0 Å². The second-order valence-electron chi connectivity index (χ2n) is 5.74. The Morgan fingerprint density at radius 3 is 2.40 bits per heavy atom. The highest BCUT2D eigenvalue weighted by molar-refractivity contribution is 5.96. The van der Waals surface area contributed by atoms with E-state index in [0.29, 0.717) is 5.92 Å². The first-order chi connectivity index (χ1) is 6.80. The molecule has 0 aromatic heterocycles. The summed E-state index contributed by atoms with van der Waals surface area (Å²) in [6.45, 7) is 7.85. The molecule has 1 amide bonds. The van der Waals surface area contributed by atoms with Gasteiger partial charge in [-0.25, -0.2) is 0 Å². The Kier molecular flexibility index (Phi) is 2.01. The van der Waals surface area contributed by atoms with Crippen molar-refractivity contribution >= 4 is 11.7 Å². The Bertz CT molecular complexity index is 335. The highest BCUT2D eigenvalue weighted by Crippen LogP contribution is 2.63. The van der Waals surface area contributed by atoms with Gasteiger partial charge in [-0.1, -0.05) is 20.8 Å². The van der Waals surface area contributed by atoms with E-state index in [1.54, 1.807) is 0 Å². The van der Waals surface area contributed by atoms with Crippen LogP contribution < -0.4 is 5.32 Å². The number of ketones is 1. The first-order valence-electron chi connectivity index (χ1n) is 5.62. The zero-order chi connectivity index (χ0) is 11.4. The molecule has 0 heterocycles. The standard InChI is InChI=1S/C12H19NO2/c1-7(14)13-9-8-5-6-12(4,10(9)15)11(8,2)3/h8-9H,5-6H2,1-4H3,(H,13,14). The van der Waals surface area contributed by atoms with Gasteiger partial charge < -0.3 is 5.32 Å². The molecule has 3 unspecified atom stereocenters. The summed E-state index contributed by atoms with van der Waals surface area (Å²) in [7, 11) is 0. The minimum absolute atomic E-state index is 0.0250. The summed E-state index contributed by atoms with van der Waals surface area (Å²) in [6, 6.07) is -0.240. The number of hydrogen-bond acceptors (Lipinski definition) is 2. The molecule has 2 aliphatic rings. The Morgan fingerprint density at radius 2 is 2.00 bits per heavy atom. The Morgan fingerprint density at radius 1 is 1.40 bits per heavy atom. The van der Waals surface area contributed by atoms with Crippen LogP contribution in [0.4, 0.5) is 0 Å². The van der Waals surface area contributed by atoms with Crippen LogP contribution in [0.15, 0.2) is 0 Å². The smallest absolute Gasteiger partial charge is 0.217 e. The molecule has 15 heavy (non-hydrogen) atoms. The third kappa shape index (κ3) is 1.12. The van der Waals surface area contributed by atoms with Gasteiger partial charge in [-0.15, -0.1) is 0 Å². The number of fused-ring (bicyclic) bond motifs is 2. The van der Waals surface area contributed by atoms with E-state index >= 15 is 0 Å². The van der Waals surface area contributed by atoms with Gasteiger partial charge in [-0.3, -0.25) is 9.59 Å². The Labute approximate surface area is 90.6 Å². The maximum Gasteiger partial charge on any atom is 0.217 e. The van der Waals surface area contributed by atoms with Gasteiger partial charge in [0.15, 0.2) is 5.78 Å². The van der Waals surface area contributed by atoms with Gasteiger partial charge >= 0.3 is 0 Å². The van der Waals surface area contributed by atoms with Crippen LogP contribution in [0.5, 0.6) is 0 Å². The molecular formula is C12H19NO2. The van der Waals surface area contributed by atoms with Crippen molar-refractivity contribution < 1.29 is 9.59 Å². The third-order valence-corrected chi connectivity index (χ3v) is 4.89. The normalized spacial score (nSPS) is 42.0. The summed E-state index contributed by atoms with van der Waals surface area (Å²) in [4.78, 5) is 23.3. The van der Waals surface area contributed by atoms with E-state index in [1.165, 1.54) is 6.92 Å². The van der Waals surface area contributed by atoms with Crippen LogP contribution in [0.1, 0.15) is 40.5 Å². The van der Waals surface area contributed by atoms with Crippen molar-refractivity contribution in [1.82, 2.24) is 5.32 Å². The molecule has 0 aromatic rings. The summed E-state index contributed by atoms with van der Waals surface area (Å²) in [5, 5.41) is 2.82. The van der Waals surface area contributed by atoms with Crippen molar-refractivity contribution in [2.24, 2.45) is 16.7 Å². The number of carbonyl (C=O) groups excluding carboxylic acids is 2. The van der Waals surface area contributed by atoms with Crippen LogP contribution in [0, 0.1) is 16.7 Å². The van der Waals surface area contributed by atoms with Crippen molar-refractivity contribution in [1.29, 1.82) is 0 Å². The first kappa shape index (κ1) is 10.7. The number of hydrogen-bond donors (Lipinski definition) is 1. The third-order valence-electron chi connectivity index (χ3n) is 4.89. The lowest BCUT2D eigenvalue weighted by atomic mass is 9.70. The van der Waals surface area contributed by atoms with Crippen molar-refractivity contribution in [3.8, 4) is 0 Å². The molecule has 3 nitrogen and oxygen atoms in total. The Balaban J connectivity index is 2.34. The second-order valence-corrected chi connectivity index (χ2v) is 5.74. The van der Waals surface area contributed by atoms with Crippen LogP contribution in [0.3, 0.4) is 0 Å². The molecule has 0 aromatic carbocycles. The SMILES string of the molecule is CC(=O)NC1C(=O)C2(C)CCC1C2(C)C. The molecule has 2 rings (SSSR count). The van der Waals surface area contributed by atoms with Gasteiger partial charge in [0.1, 0.15) is 0 Å². The van der Waals surface area contributed by atoms with Gasteiger partial charge in [0.25, 0.3) is 0 Å². The van der Waals surface area contributed by atoms with E-state index in [2.05, 4.69) is 26.1 Å². The first-order valence-corrected chi connectivity index (χ1v) is 5.62. The summed E-state index contributed by atoms with van der Waals surface area (Å²) >= 11 is 0. The van der Waals surface area contributed by atoms with Gasteiger partial charge in [0, 0.05) is 12.3 Å². The number of nitrogens with one attached hydrogen (secondary N) is 1. The zero-order valence-corrected chi connectivity index (χ0v) is 9.89. The molecule has 84 valence electrons. The van der Waals surface area contributed by atoms with Crippen molar-refractivity contribution in [3.05, 3.63) is 0 Å². The highest BCUT2D eigenvalue weighted by atomic mass is 16.2. The molecule has 0 spiro atoms. The average Bonchev–Trinajstić information content (AvgIpc) is 2.40. The fourth-order valence-electron chi connectivity index (χ4n) is 3.47. The van der Waals surface area contributed by atoms with E-state index in [0.717, 1.165) is 12.8 Å². The molecule has 2 saturated carbocycles. The fourth-order valence-corrected chi connectivity index (χ4v) is 3.47. The molecule has 3 heteroatoms. The van der Waals surface area contributed by atoms with Crippen LogP contribution >= 0.6 is 0 Å². The van der Waals surface area contributed by atoms with Crippen molar-refractivity contribution in [2.45, 2.75) is 46.6 Å². The predicted octanol–water partition coefficient (Wildman–Crippen LogP) is 1.52. The van der Waals surface area contributed by atoms with E-state index in [1.807, 2.05) is 0 Å². The van der Waals surface area contributed by atoms with Gasteiger partial charge in [0.2, 0.25) is 5.91 Å². The van der Waals surface area contributed by atoms with E-state index < -0.39 is 0 Å². The molecule has 0 saturated heterocycles. The summed E-state index contributed by atoms with van der Waals surface area (Å²) in [6.07, 6.45) is 2.03. The maximum atomic E-state index is 12.2. The number of rotatable bonds is 1. The van der Waals surface area contributed by atoms with E-state index in [4.69, 9.17) is 0 Å². The minimum atomic E-state index is -0.240. The van der Waals surface area contributed by atoms with Crippen LogP contribution in [-0.2, 0) is 9.59 Å². The summed E-state index contributed by atoms with van der Waals surface area (Å²) in [5.74, 6) is 0.457. The molecular weight excluding hydrogens is 190 g/mol. The lowest BCUT2D eigenvalue weighted by Gasteiger charge is -2.32. The molecule has 2 fully saturated rings. The highest BCUT2D eigenvalue weighted by Gasteiger charge is 2.66. The Hall–Kier alpha value is -0.860. The number of carbonyl (C=O) groups is 2. The summed E-state index contributed by atoms with van der Waals surface area (Å²) in [5.41, 5.74) is -0.206. The van der Waals surface area contributed by atoms with Gasteiger partial charge in [-0.2, -0.15) is 0 Å². The monoisotopic (exact) mass is 209 g/mol. The number of Topliss-reactive ketones (excluding diaryl/α,β-unsaturated/α-hetero) is 1. The minimum Gasteiger partial charge on any atom is -0.346 e. The predicted molar refractivity (Wildman–Crippen MR) is 57.2 cm³/mol. The van der Waals surface area contributed by atoms with Gasteiger partial charge in [-0.05, 0) is 24.2 Å². The van der Waals surface area contributed by atoms with Crippen molar-refractivity contribution in [3.63, 3.8) is 0 Å². The topological polar surface area (TPSA) is 46.2 Å². The molecule has 2 aliphatic carbocycles. The van der Waals surface area contributed by atoms with Crippen LogP contribution in [-0.4, -0.2) is 17.7 Å². The molecule has 0 aliphatic heterocycles. The lowest BCUT2D eigenvalue weighted by molar-refractivity contribution is -0.132. The largest absolute Gasteiger partial charge is 0.346 e. The molecule has 3 atom stereocenters. The van der Waals surface area contributed by atoms with E-state index in [-0.39, 0.29) is 28.6 Å². The van der Waals surface area contributed by atoms with E-state index in [9.17, 15) is 9.59 Å². The quantitative estimate of drug-likeness (QED) is 0.711. The molecule has 1 N–H and O–H groups in total. The number of amides is 1. The second kappa shape index (κ2) is 2.83.